The number of hydrogen-bond donors (Lipinski definition) is 2. The summed E-state index contributed by atoms with van der Waals surface area (Å²) in [7, 11) is 3.85. The Balaban J connectivity index is 1.16. The molecule has 2 N–H and O–H groups in total. The molecule has 12 nitrogen and oxygen atoms in total. The lowest BCUT2D eigenvalue weighted by molar-refractivity contribution is -0.115. The van der Waals surface area contributed by atoms with E-state index in [1.165, 1.54) is 0 Å². The molecule has 2 aliphatic heterocycles. The molecule has 0 atom stereocenters. The van der Waals surface area contributed by atoms with Crippen LogP contribution in [-0.4, -0.2) is 77.4 Å². The number of rotatable bonds is 10. The molecule has 43 heavy (non-hydrogen) atoms. The van der Waals surface area contributed by atoms with Gasteiger partial charge in [0, 0.05) is 57.9 Å². The highest BCUT2D eigenvalue weighted by atomic mass is 32.2. The molecule has 3 aromatic rings. The average Bonchev–Trinajstić information content (AvgIpc) is 3.33. The van der Waals surface area contributed by atoms with Gasteiger partial charge in [-0.15, -0.1) is 0 Å². The third-order valence-electron chi connectivity index (χ3n) is 7.16. The zero-order valence-electron chi connectivity index (χ0n) is 24.4. The van der Waals surface area contributed by atoms with Crippen molar-refractivity contribution in [2.45, 2.75) is 26.3 Å². The number of nitrogens with zero attached hydrogens (tertiary/aromatic N) is 6. The van der Waals surface area contributed by atoms with E-state index in [0.29, 0.717) is 40.3 Å². The van der Waals surface area contributed by atoms with E-state index in [1.807, 2.05) is 37.2 Å². The van der Waals surface area contributed by atoms with Crippen LogP contribution in [0.3, 0.4) is 0 Å². The molecule has 5 rings (SSSR count). The minimum absolute atomic E-state index is 0.279. The second-order valence-electron chi connectivity index (χ2n) is 10.5. The topological polar surface area (TPSA) is 143 Å². The molecule has 3 aromatic heterocycles. The van der Waals surface area contributed by atoms with Gasteiger partial charge in [-0.2, -0.15) is 0 Å². The summed E-state index contributed by atoms with van der Waals surface area (Å²) in [6, 6.07) is 7.37. The number of ether oxygens (including phenoxy) is 1. The van der Waals surface area contributed by atoms with Gasteiger partial charge in [0.05, 0.1) is 28.5 Å². The highest BCUT2D eigenvalue weighted by Crippen LogP contribution is 2.27. The van der Waals surface area contributed by atoms with Gasteiger partial charge < -0.3 is 19.9 Å². The molecule has 0 bridgehead atoms. The monoisotopic (exact) mass is 602 g/mol. The lowest BCUT2D eigenvalue weighted by atomic mass is 9.97. The molecule has 2 amide bonds. The first-order valence-electron chi connectivity index (χ1n) is 14.1. The van der Waals surface area contributed by atoms with Crippen molar-refractivity contribution in [3.63, 3.8) is 0 Å². The number of nitrogens with one attached hydrogen (secondary N) is 2. The zero-order chi connectivity index (χ0) is 30.3. The predicted octanol–water partition coefficient (Wildman–Crippen LogP) is 3.51. The molecule has 0 saturated carbocycles. The van der Waals surface area contributed by atoms with Crippen LogP contribution in [0, 0.1) is 5.92 Å². The summed E-state index contributed by atoms with van der Waals surface area (Å²) in [4.78, 5) is 58.6. The molecule has 2 saturated heterocycles. The van der Waals surface area contributed by atoms with E-state index in [-0.39, 0.29) is 11.8 Å². The van der Waals surface area contributed by atoms with Crippen LogP contribution in [0.15, 0.2) is 47.8 Å². The molecular formula is C30H34N8O4S. The second-order valence-corrected chi connectivity index (χ2v) is 11.5. The van der Waals surface area contributed by atoms with Crippen molar-refractivity contribution < 1.29 is 19.1 Å². The molecule has 13 heteroatoms. The quantitative estimate of drug-likeness (QED) is 0.259. The van der Waals surface area contributed by atoms with Crippen molar-refractivity contribution in [2.75, 3.05) is 50.1 Å². The van der Waals surface area contributed by atoms with Gasteiger partial charge in [-0.1, -0.05) is 0 Å². The summed E-state index contributed by atoms with van der Waals surface area (Å²) in [6.07, 6.45) is 8.72. The van der Waals surface area contributed by atoms with Crippen LogP contribution in [0.1, 0.15) is 41.4 Å². The van der Waals surface area contributed by atoms with Crippen molar-refractivity contribution in [3.05, 3.63) is 64.6 Å². The predicted molar refractivity (Wildman–Crippen MR) is 166 cm³/mol. The van der Waals surface area contributed by atoms with Gasteiger partial charge in [0.1, 0.15) is 5.82 Å². The van der Waals surface area contributed by atoms with Crippen molar-refractivity contribution in [1.82, 2.24) is 30.6 Å². The maximum atomic E-state index is 12.8. The zero-order valence-corrected chi connectivity index (χ0v) is 25.2. The van der Waals surface area contributed by atoms with Crippen LogP contribution in [0.25, 0.3) is 17.3 Å². The Kier molecular flexibility index (Phi) is 9.62. The Bertz CT molecular complexity index is 1520. The van der Waals surface area contributed by atoms with Crippen molar-refractivity contribution in [1.29, 1.82) is 0 Å². The van der Waals surface area contributed by atoms with Crippen LogP contribution in [-0.2, 0) is 16.1 Å². The van der Waals surface area contributed by atoms with Gasteiger partial charge in [0.2, 0.25) is 5.95 Å². The second kappa shape index (κ2) is 13.7. The Labute approximate surface area is 254 Å². The molecule has 2 fully saturated rings. The fourth-order valence-electron chi connectivity index (χ4n) is 4.90. The summed E-state index contributed by atoms with van der Waals surface area (Å²) < 4.78 is 5.32. The van der Waals surface area contributed by atoms with Gasteiger partial charge in [-0.25, -0.2) is 19.7 Å². The number of carbonyl (C=O) groups is 3. The Morgan fingerprint density at radius 3 is 2.65 bits per heavy atom. The fourth-order valence-corrected chi connectivity index (χ4v) is 5.56. The summed E-state index contributed by atoms with van der Waals surface area (Å²) >= 11 is 0.871. The van der Waals surface area contributed by atoms with Gasteiger partial charge in [0.25, 0.3) is 11.1 Å². The Hall–Kier alpha value is -4.36. The van der Waals surface area contributed by atoms with Crippen LogP contribution < -0.4 is 20.4 Å². The smallest absolute Gasteiger partial charge is 0.340 e. The molecule has 224 valence electrons. The first-order valence-corrected chi connectivity index (χ1v) is 15.0. The van der Waals surface area contributed by atoms with Gasteiger partial charge in [-0.3, -0.25) is 19.9 Å². The highest BCUT2D eigenvalue weighted by molar-refractivity contribution is 8.18. The first-order chi connectivity index (χ1) is 20.8. The van der Waals surface area contributed by atoms with Crippen molar-refractivity contribution in [2.24, 2.45) is 5.92 Å². The van der Waals surface area contributed by atoms with Crippen molar-refractivity contribution >= 4 is 46.7 Å². The number of carbonyl (C=O) groups excluding carboxylic acids is 3. The molecule has 0 spiro atoms. The third-order valence-corrected chi connectivity index (χ3v) is 7.97. The van der Waals surface area contributed by atoms with E-state index in [9.17, 15) is 14.4 Å². The van der Waals surface area contributed by atoms with Crippen LogP contribution >= 0.6 is 11.8 Å². The standard InChI is InChI=1S/C30H34N8O4S/c1-4-42-28(40)23-13-20(17-34-26(23)21-5-6-25(33-18-21)37(2)3)16-31-15-19-8-11-38(12-9-19)29-32-10-7-22(35-29)14-24-27(39)36-30(41)43-24/h5-7,10,13-14,17-19,31H,4,8-9,11-12,15-16H2,1-3H3,(H,36,39,41)/b24-14-. The van der Waals surface area contributed by atoms with Gasteiger partial charge in [0.15, 0.2) is 0 Å². The number of thioether (sulfide) groups is 1. The van der Waals surface area contributed by atoms with E-state index in [0.717, 1.165) is 61.2 Å². The maximum Gasteiger partial charge on any atom is 0.340 e. The summed E-state index contributed by atoms with van der Waals surface area (Å²) in [6.45, 7) is 5.09. The van der Waals surface area contributed by atoms with Crippen molar-refractivity contribution in [3.8, 4) is 11.3 Å². The van der Waals surface area contributed by atoms with E-state index in [4.69, 9.17) is 4.74 Å². The van der Waals surface area contributed by atoms with E-state index in [2.05, 4.69) is 35.5 Å². The molecule has 0 unspecified atom stereocenters. The number of anilines is 2. The minimum Gasteiger partial charge on any atom is -0.462 e. The van der Waals surface area contributed by atoms with E-state index in [1.54, 1.807) is 37.7 Å². The number of esters is 1. The molecule has 0 aromatic carbocycles. The summed E-state index contributed by atoms with van der Waals surface area (Å²) in [5.41, 5.74) is 3.21. The van der Waals surface area contributed by atoms with Crippen LogP contribution in [0.5, 0.6) is 0 Å². The number of piperidine rings is 1. The Morgan fingerprint density at radius 1 is 1.16 bits per heavy atom. The van der Waals surface area contributed by atoms with E-state index < -0.39 is 11.9 Å². The SMILES string of the molecule is CCOC(=O)c1cc(CNCC2CCN(c3nccc(/C=C4\SC(=O)NC4=O)n3)CC2)cnc1-c1ccc(N(C)C)nc1. The molecule has 0 aliphatic carbocycles. The molecular weight excluding hydrogens is 568 g/mol. The first kappa shape index (κ1) is 30.1. The average molecular weight is 603 g/mol. The number of aromatic nitrogens is 4. The molecule has 0 radical (unpaired) electrons. The lowest BCUT2D eigenvalue weighted by Gasteiger charge is -2.32. The minimum atomic E-state index is -0.405. The number of amides is 2. The largest absolute Gasteiger partial charge is 0.462 e. The molecule has 2 aliphatic rings. The molecule has 5 heterocycles. The summed E-state index contributed by atoms with van der Waals surface area (Å²) in [5, 5.41) is 5.40. The lowest BCUT2D eigenvalue weighted by Crippen LogP contribution is -2.38. The third kappa shape index (κ3) is 7.54. The number of imide groups is 1. The summed E-state index contributed by atoms with van der Waals surface area (Å²) in [5.74, 6) is 1.10. The van der Waals surface area contributed by atoms with Gasteiger partial charge in [-0.05, 0) is 79.9 Å². The fraction of sp³-hybridized carbons (Fsp3) is 0.367. The number of pyridine rings is 2. The Morgan fingerprint density at radius 2 is 1.98 bits per heavy atom. The normalized spacial score (nSPS) is 16.4. The van der Waals surface area contributed by atoms with Gasteiger partial charge >= 0.3 is 5.97 Å². The van der Waals surface area contributed by atoms with Crippen LogP contribution in [0.2, 0.25) is 0 Å². The highest BCUT2D eigenvalue weighted by Gasteiger charge is 2.26. The van der Waals surface area contributed by atoms with E-state index >= 15 is 0 Å². The maximum absolute atomic E-state index is 12.8. The van der Waals surface area contributed by atoms with Crippen LogP contribution in [0.4, 0.5) is 16.6 Å². The number of hydrogen-bond acceptors (Lipinski definition) is 12.